The summed E-state index contributed by atoms with van der Waals surface area (Å²) in [6, 6.07) is 10.6. The maximum Gasteiger partial charge on any atom is 0.286 e. The predicted octanol–water partition coefficient (Wildman–Crippen LogP) is 3.49. The molecule has 1 saturated heterocycles. The Morgan fingerprint density at radius 3 is 2.44 bits per heavy atom. The highest BCUT2D eigenvalue weighted by Crippen LogP contribution is 2.31. The van der Waals surface area contributed by atoms with Gasteiger partial charge in [-0.1, -0.05) is 45.0 Å². The van der Waals surface area contributed by atoms with Crippen molar-refractivity contribution in [3.63, 3.8) is 0 Å². The Bertz CT molecular complexity index is 791. The molecule has 0 aliphatic carbocycles. The summed E-state index contributed by atoms with van der Waals surface area (Å²) in [5.41, 5.74) is 2.42. The Morgan fingerprint density at radius 1 is 1.19 bits per heavy atom. The smallest absolute Gasteiger partial charge is 0.286 e. The summed E-state index contributed by atoms with van der Waals surface area (Å²) in [4.78, 5) is 21.7. The number of carbonyl (C=O) groups is 1. The lowest BCUT2D eigenvalue weighted by Gasteiger charge is -2.34. The van der Waals surface area contributed by atoms with E-state index in [1.54, 1.807) is 0 Å². The summed E-state index contributed by atoms with van der Waals surface area (Å²) in [6.07, 6.45) is 2.49. The molecule has 0 unspecified atom stereocenters. The van der Waals surface area contributed by atoms with Crippen LogP contribution >= 0.6 is 11.8 Å². The van der Waals surface area contributed by atoms with Crippen molar-refractivity contribution in [1.82, 2.24) is 9.80 Å². The van der Waals surface area contributed by atoms with Crippen LogP contribution in [0, 0.1) is 11.3 Å². The first-order valence-corrected chi connectivity index (χ1v) is 10.2. The van der Waals surface area contributed by atoms with Crippen LogP contribution in [-0.2, 0) is 10.2 Å². The first-order chi connectivity index (χ1) is 12.9. The number of hydrogen-bond acceptors (Lipinski definition) is 5. The van der Waals surface area contributed by atoms with Crippen LogP contribution in [0.3, 0.4) is 0 Å². The molecule has 1 amide bonds. The highest BCUT2D eigenvalue weighted by atomic mass is 32.2. The molecular formula is C21H26N4OS. The lowest BCUT2D eigenvalue weighted by atomic mass is 9.87. The fourth-order valence-electron chi connectivity index (χ4n) is 3.13. The zero-order valence-electron chi connectivity index (χ0n) is 16.2. The van der Waals surface area contributed by atoms with Gasteiger partial charge in [-0.15, -0.1) is 0 Å². The molecule has 5 nitrogen and oxygen atoms in total. The van der Waals surface area contributed by atoms with E-state index < -0.39 is 0 Å². The molecule has 3 rings (SSSR count). The van der Waals surface area contributed by atoms with Crippen LogP contribution in [-0.4, -0.2) is 53.6 Å². The lowest BCUT2D eigenvalue weighted by Crippen LogP contribution is -2.47. The van der Waals surface area contributed by atoms with E-state index in [-0.39, 0.29) is 11.3 Å². The van der Waals surface area contributed by atoms with Gasteiger partial charge in [-0.05, 0) is 34.4 Å². The molecule has 1 aromatic carbocycles. The van der Waals surface area contributed by atoms with Crippen molar-refractivity contribution in [2.75, 3.05) is 32.7 Å². The third-order valence-electron chi connectivity index (χ3n) is 4.87. The molecule has 0 radical (unpaired) electrons. The standard InChI is InChI=1S/C21H26N4OS/c1-21(2,3)17-7-5-16(6-8-17)15-18-19(26)23-20(27-18)25-13-11-24(12-14-25)10-4-9-22/h5-8,15H,4,10-14H2,1-3H3. The maximum atomic E-state index is 12.3. The molecule has 2 aliphatic rings. The van der Waals surface area contributed by atoms with Crippen molar-refractivity contribution in [3.05, 3.63) is 40.3 Å². The SMILES string of the molecule is CC(C)(C)c1ccc(C=C2SC(N3CCN(CCC#N)CC3)=NC2=O)cc1. The van der Waals surface area contributed by atoms with E-state index >= 15 is 0 Å². The Kier molecular flexibility index (Phi) is 6.03. The first-order valence-electron chi connectivity index (χ1n) is 9.34. The number of rotatable bonds is 3. The predicted molar refractivity (Wildman–Crippen MR) is 111 cm³/mol. The molecule has 27 heavy (non-hydrogen) atoms. The minimum atomic E-state index is -0.151. The van der Waals surface area contributed by atoms with Crippen LogP contribution in [0.4, 0.5) is 0 Å². The number of carbonyl (C=O) groups excluding carboxylic acids is 1. The Morgan fingerprint density at radius 2 is 1.85 bits per heavy atom. The van der Waals surface area contributed by atoms with E-state index in [0.29, 0.717) is 11.3 Å². The summed E-state index contributed by atoms with van der Waals surface area (Å²) < 4.78 is 0. The van der Waals surface area contributed by atoms with E-state index in [4.69, 9.17) is 5.26 Å². The highest BCUT2D eigenvalue weighted by molar-refractivity contribution is 8.18. The van der Waals surface area contributed by atoms with Gasteiger partial charge in [-0.3, -0.25) is 9.69 Å². The van der Waals surface area contributed by atoms with Gasteiger partial charge in [0.25, 0.3) is 5.91 Å². The van der Waals surface area contributed by atoms with Gasteiger partial charge >= 0.3 is 0 Å². The second-order valence-corrected chi connectivity index (χ2v) is 8.93. The molecule has 6 heteroatoms. The van der Waals surface area contributed by atoms with Crippen LogP contribution in [0.2, 0.25) is 0 Å². The second-order valence-electron chi connectivity index (χ2n) is 7.92. The van der Waals surface area contributed by atoms with Gasteiger partial charge in [0, 0.05) is 39.1 Å². The number of nitriles is 1. The zero-order chi connectivity index (χ0) is 19.4. The molecule has 0 spiro atoms. The summed E-state index contributed by atoms with van der Waals surface area (Å²) in [7, 11) is 0. The fourth-order valence-corrected chi connectivity index (χ4v) is 4.10. The first kappa shape index (κ1) is 19.7. The Labute approximate surface area is 165 Å². The summed E-state index contributed by atoms with van der Waals surface area (Å²) in [5.74, 6) is -0.151. The van der Waals surface area contributed by atoms with E-state index in [9.17, 15) is 4.79 Å². The average Bonchev–Trinajstić information content (AvgIpc) is 3.00. The van der Waals surface area contributed by atoms with Crippen molar-refractivity contribution in [2.24, 2.45) is 4.99 Å². The number of amidine groups is 1. The molecule has 0 bridgehead atoms. The molecule has 0 saturated carbocycles. The molecule has 1 aromatic rings. The van der Waals surface area contributed by atoms with Crippen LogP contribution in [0.15, 0.2) is 34.2 Å². The summed E-state index contributed by atoms with van der Waals surface area (Å²) >= 11 is 1.47. The van der Waals surface area contributed by atoms with Crippen LogP contribution in [0.1, 0.15) is 38.3 Å². The third kappa shape index (κ3) is 5.00. The van der Waals surface area contributed by atoms with E-state index in [1.807, 2.05) is 6.08 Å². The molecule has 1 fully saturated rings. The van der Waals surface area contributed by atoms with Crippen molar-refractivity contribution >= 4 is 28.9 Å². The van der Waals surface area contributed by atoms with Crippen LogP contribution < -0.4 is 0 Å². The molecule has 2 aliphatic heterocycles. The van der Waals surface area contributed by atoms with Crippen LogP contribution in [0.5, 0.6) is 0 Å². The van der Waals surface area contributed by atoms with Gasteiger partial charge in [0.2, 0.25) is 0 Å². The number of hydrogen-bond donors (Lipinski definition) is 0. The topological polar surface area (TPSA) is 59.7 Å². The molecule has 0 atom stereocenters. The number of amides is 1. The number of piperazine rings is 1. The lowest BCUT2D eigenvalue weighted by molar-refractivity contribution is -0.113. The normalized spacial score (nSPS) is 20.1. The van der Waals surface area contributed by atoms with Gasteiger partial charge in [-0.25, -0.2) is 0 Å². The molecule has 0 N–H and O–H groups in total. The van der Waals surface area contributed by atoms with Gasteiger partial charge in [0.15, 0.2) is 5.17 Å². The number of aliphatic imine (C=N–C) groups is 1. The largest absolute Gasteiger partial charge is 0.348 e. The van der Waals surface area contributed by atoms with Crippen molar-refractivity contribution < 1.29 is 4.79 Å². The Hall–Kier alpha value is -2.10. The van der Waals surface area contributed by atoms with Crippen molar-refractivity contribution in [2.45, 2.75) is 32.6 Å². The number of thioether (sulfide) groups is 1. The van der Waals surface area contributed by atoms with Crippen molar-refractivity contribution in [3.8, 4) is 6.07 Å². The van der Waals surface area contributed by atoms with Gasteiger partial charge in [0.05, 0.1) is 11.0 Å². The van der Waals surface area contributed by atoms with Gasteiger partial charge in [-0.2, -0.15) is 10.3 Å². The molecule has 142 valence electrons. The molecule has 2 heterocycles. The highest BCUT2D eigenvalue weighted by Gasteiger charge is 2.28. The van der Waals surface area contributed by atoms with Crippen LogP contribution in [0.25, 0.3) is 6.08 Å². The second kappa shape index (κ2) is 8.28. The van der Waals surface area contributed by atoms with Gasteiger partial charge < -0.3 is 4.90 Å². The maximum absolute atomic E-state index is 12.3. The quantitative estimate of drug-likeness (QED) is 0.749. The minimum Gasteiger partial charge on any atom is -0.348 e. The third-order valence-corrected chi connectivity index (χ3v) is 5.91. The van der Waals surface area contributed by atoms with Gasteiger partial charge in [0.1, 0.15) is 0 Å². The summed E-state index contributed by atoms with van der Waals surface area (Å²) in [5, 5.41) is 9.51. The van der Waals surface area contributed by atoms with Crippen molar-refractivity contribution in [1.29, 1.82) is 5.26 Å². The van der Waals surface area contributed by atoms with E-state index in [1.165, 1.54) is 17.3 Å². The van der Waals surface area contributed by atoms with E-state index in [2.05, 4.69) is 65.9 Å². The molecular weight excluding hydrogens is 356 g/mol. The average molecular weight is 383 g/mol. The number of benzene rings is 1. The zero-order valence-corrected chi connectivity index (χ0v) is 17.1. The summed E-state index contributed by atoms with van der Waals surface area (Å²) in [6.45, 7) is 10.9. The monoisotopic (exact) mass is 382 g/mol. The fraction of sp³-hybridized carbons (Fsp3) is 0.476. The number of nitrogens with zero attached hydrogens (tertiary/aromatic N) is 4. The minimum absolute atomic E-state index is 0.120. The molecule has 0 aromatic heterocycles. The van der Waals surface area contributed by atoms with E-state index in [0.717, 1.165) is 43.5 Å². The Balaban J connectivity index is 1.61.